The van der Waals surface area contributed by atoms with Gasteiger partial charge in [-0.15, -0.1) is 0 Å². The molecule has 2 bridgehead atoms. The maximum absolute atomic E-state index is 2.55. The zero-order valence-corrected chi connectivity index (χ0v) is 17.7. The van der Waals surface area contributed by atoms with E-state index in [1.807, 2.05) is 0 Å². The Kier molecular flexibility index (Phi) is 3.50. The van der Waals surface area contributed by atoms with Gasteiger partial charge in [-0.1, -0.05) is 89.7 Å². The third-order valence-electron chi connectivity index (χ3n) is 6.28. The Labute approximate surface area is 154 Å². The average Bonchev–Trinajstić information content (AvgIpc) is 2.99. The lowest BCUT2D eigenvalue weighted by Gasteiger charge is -2.23. The van der Waals surface area contributed by atoms with Gasteiger partial charge in [-0.05, 0) is 56.0 Å². The lowest BCUT2D eigenvalue weighted by molar-refractivity contribution is 0.590. The number of rotatable bonds is 2. The average molecular weight is 347 g/mol. The van der Waals surface area contributed by atoms with Crippen molar-refractivity contribution >= 4 is 18.5 Å². The summed E-state index contributed by atoms with van der Waals surface area (Å²) in [5, 5.41) is 3.40. The van der Waals surface area contributed by atoms with Gasteiger partial charge in [0.1, 0.15) is 8.07 Å². The molecule has 0 unspecified atom stereocenters. The van der Waals surface area contributed by atoms with Crippen LogP contribution in [0, 0.1) is 5.92 Å². The van der Waals surface area contributed by atoms with E-state index < -0.39 is 8.07 Å². The first-order chi connectivity index (χ1) is 11.6. The molecular formula is C24H30Si. The molecule has 0 radical (unpaired) electrons. The van der Waals surface area contributed by atoms with Gasteiger partial charge in [-0.25, -0.2) is 0 Å². The summed E-state index contributed by atoms with van der Waals surface area (Å²) in [7, 11) is -1.57. The molecule has 0 saturated heterocycles. The van der Waals surface area contributed by atoms with E-state index in [1.165, 1.54) is 17.5 Å². The molecule has 2 aromatic carbocycles. The van der Waals surface area contributed by atoms with Gasteiger partial charge < -0.3 is 0 Å². The van der Waals surface area contributed by atoms with Crippen molar-refractivity contribution in [3.05, 3.63) is 58.7 Å². The molecule has 2 aromatic rings. The number of allylic oxidation sites excluding steroid dienone is 1. The Bertz CT molecular complexity index is 887. The summed E-state index contributed by atoms with van der Waals surface area (Å²) in [6.45, 7) is 16.7. The second kappa shape index (κ2) is 5.20. The highest BCUT2D eigenvalue weighted by molar-refractivity contribution is 7.07. The smallest absolute Gasteiger partial charge is 0.0630 e. The Balaban J connectivity index is 1.93. The maximum Gasteiger partial charge on any atom is 0.113 e. The monoisotopic (exact) mass is 346 g/mol. The van der Waals surface area contributed by atoms with E-state index in [9.17, 15) is 0 Å². The van der Waals surface area contributed by atoms with E-state index in [4.69, 9.17) is 0 Å². The zero-order chi connectivity index (χ0) is 18.1. The molecule has 130 valence electrons. The molecule has 25 heavy (non-hydrogen) atoms. The van der Waals surface area contributed by atoms with Crippen molar-refractivity contribution in [3.63, 3.8) is 0 Å². The van der Waals surface area contributed by atoms with Gasteiger partial charge in [0.2, 0.25) is 0 Å². The van der Waals surface area contributed by atoms with E-state index >= 15 is 0 Å². The molecule has 0 atom stereocenters. The number of fused-ring (bicyclic) bond motifs is 1. The number of hydrogen-bond acceptors (Lipinski definition) is 0. The van der Waals surface area contributed by atoms with Crippen molar-refractivity contribution in [1.82, 2.24) is 0 Å². The van der Waals surface area contributed by atoms with Crippen LogP contribution >= 0.6 is 0 Å². The summed E-state index contributed by atoms with van der Waals surface area (Å²) in [5.41, 5.74) is 9.49. The van der Waals surface area contributed by atoms with Gasteiger partial charge >= 0.3 is 0 Å². The molecule has 0 fully saturated rings. The minimum absolute atomic E-state index is 0.212. The molecule has 1 aliphatic carbocycles. The van der Waals surface area contributed by atoms with E-state index in [2.05, 4.69) is 84.1 Å². The first kappa shape index (κ1) is 16.8. The molecule has 4 rings (SSSR count). The third kappa shape index (κ3) is 2.32. The van der Waals surface area contributed by atoms with Crippen LogP contribution in [0.1, 0.15) is 51.3 Å². The molecule has 0 amide bonds. The Hall–Kier alpha value is -1.60. The number of hydrogen-bond donors (Lipinski definition) is 0. The van der Waals surface area contributed by atoms with Gasteiger partial charge in [-0.3, -0.25) is 0 Å². The molecule has 0 spiro atoms. The summed E-state index contributed by atoms with van der Waals surface area (Å²) >= 11 is 0. The van der Waals surface area contributed by atoms with Crippen LogP contribution < -0.4 is 5.19 Å². The zero-order valence-electron chi connectivity index (χ0n) is 16.7. The lowest BCUT2D eigenvalue weighted by Crippen LogP contribution is -2.40. The van der Waals surface area contributed by atoms with Crippen molar-refractivity contribution in [2.24, 2.45) is 5.92 Å². The van der Waals surface area contributed by atoms with E-state index in [0.717, 1.165) is 0 Å². The molecule has 0 aromatic heterocycles. The van der Waals surface area contributed by atoms with Crippen LogP contribution in [-0.2, 0) is 11.8 Å². The Morgan fingerprint density at radius 2 is 1.52 bits per heavy atom. The summed E-state index contributed by atoms with van der Waals surface area (Å²) in [6.07, 6.45) is 1.17. The molecular weight excluding hydrogens is 316 g/mol. The van der Waals surface area contributed by atoms with Crippen molar-refractivity contribution in [3.8, 4) is 11.1 Å². The van der Waals surface area contributed by atoms with Gasteiger partial charge in [0.25, 0.3) is 0 Å². The van der Waals surface area contributed by atoms with Crippen molar-refractivity contribution in [1.29, 1.82) is 0 Å². The predicted octanol–water partition coefficient (Wildman–Crippen LogP) is 6.09. The molecule has 2 aliphatic rings. The lowest BCUT2D eigenvalue weighted by atomic mass is 9.86. The molecule has 0 saturated carbocycles. The molecule has 1 aliphatic heterocycles. The normalized spacial score (nSPS) is 17.8. The van der Waals surface area contributed by atoms with Gasteiger partial charge in [0.15, 0.2) is 0 Å². The molecule has 0 N–H and O–H groups in total. The summed E-state index contributed by atoms with van der Waals surface area (Å²) in [5.74, 6) is 0.657. The fourth-order valence-corrected chi connectivity index (χ4v) is 8.59. The molecule has 1 heterocycles. The van der Waals surface area contributed by atoms with Crippen LogP contribution in [0.3, 0.4) is 0 Å². The van der Waals surface area contributed by atoms with E-state index in [1.54, 1.807) is 32.6 Å². The second-order valence-electron chi connectivity index (χ2n) is 9.71. The highest BCUT2D eigenvalue weighted by atomic mass is 28.3. The minimum atomic E-state index is -1.57. The predicted molar refractivity (Wildman–Crippen MR) is 113 cm³/mol. The third-order valence-corrected chi connectivity index (χ3v) is 9.86. The largest absolute Gasteiger partial charge is 0.113 e. The van der Waals surface area contributed by atoms with Crippen LogP contribution in [0.2, 0.25) is 13.1 Å². The van der Waals surface area contributed by atoms with Crippen LogP contribution in [0.25, 0.3) is 16.3 Å². The quantitative estimate of drug-likeness (QED) is 0.578. The van der Waals surface area contributed by atoms with Crippen molar-refractivity contribution in [2.75, 3.05) is 0 Å². The Morgan fingerprint density at radius 1 is 0.880 bits per heavy atom. The fraction of sp³-hybridized carbons (Fsp3) is 0.417. The summed E-state index contributed by atoms with van der Waals surface area (Å²) in [4.78, 5) is 0. The van der Waals surface area contributed by atoms with E-state index in [0.29, 0.717) is 5.92 Å². The molecule has 0 nitrogen and oxygen atoms in total. The molecule has 1 heteroatoms. The Morgan fingerprint density at radius 3 is 2.08 bits per heavy atom. The van der Waals surface area contributed by atoms with Crippen LogP contribution in [0.5, 0.6) is 0 Å². The van der Waals surface area contributed by atoms with Gasteiger partial charge in [-0.2, -0.15) is 0 Å². The summed E-state index contributed by atoms with van der Waals surface area (Å²) in [6, 6.07) is 14.2. The fourth-order valence-electron chi connectivity index (χ4n) is 4.83. The second-order valence-corrected chi connectivity index (χ2v) is 14.0. The van der Waals surface area contributed by atoms with Crippen LogP contribution in [0.4, 0.5) is 0 Å². The van der Waals surface area contributed by atoms with E-state index in [-0.39, 0.29) is 5.41 Å². The first-order valence-electron chi connectivity index (χ1n) is 9.63. The van der Waals surface area contributed by atoms with Crippen LogP contribution in [0.15, 0.2) is 42.0 Å². The highest BCUT2D eigenvalue weighted by Crippen LogP contribution is 2.50. The number of benzene rings is 2. The summed E-state index contributed by atoms with van der Waals surface area (Å²) < 4.78 is 0. The standard InChI is InChI=1S/C24H30Si/c1-15(2)19-14-17-10-13-20-21(22(17)23(19)25(20,6)7)16-8-11-18(12-9-16)24(3,4)5/h8-13,15H,14H2,1-7H3. The first-order valence-corrected chi connectivity index (χ1v) is 12.6. The maximum atomic E-state index is 2.55. The van der Waals surface area contributed by atoms with Gasteiger partial charge in [0.05, 0.1) is 0 Å². The minimum Gasteiger partial charge on any atom is -0.0630 e. The van der Waals surface area contributed by atoms with Crippen molar-refractivity contribution in [2.45, 2.75) is 59.5 Å². The topological polar surface area (TPSA) is 0 Å². The highest BCUT2D eigenvalue weighted by Gasteiger charge is 2.45. The van der Waals surface area contributed by atoms with Crippen LogP contribution in [-0.4, -0.2) is 8.07 Å². The van der Waals surface area contributed by atoms with Crippen molar-refractivity contribution < 1.29 is 0 Å². The van der Waals surface area contributed by atoms with Gasteiger partial charge in [0, 0.05) is 0 Å². The SMILES string of the molecule is CC(C)C1=C2c3c(ccc(c3-c3ccc(C(C)(C)C)cc3)[Si]2(C)C)C1.